The monoisotopic (exact) mass is 195 g/mol. The van der Waals surface area contributed by atoms with Crippen LogP contribution in [0.5, 0.6) is 5.75 Å². The summed E-state index contributed by atoms with van der Waals surface area (Å²) in [4.78, 5) is 0. The minimum Gasteiger partial charge on any atom is -0.496 e. The molecule has 1 aromatic rings. The van der Waals surface area contributed by atoms with Crippen LogP contribution in [0.4, 0.5) is 4.39 Å². The third-order valence-corrected chi connectivity index (χ3v) is 2.34. The number of para-hydroxylation sites is 1. The lowest BCUT2D eigenvalue weighted by Crippen LogP contribution is -2.02. The maximum atomic E-state index is 12.5. The van der Waals surface area contributed by atoms with E-state index in [-0.39, 0.29) is 5.92 Å². The Morgan fingerprint density at radius 2 is 2.21 bits per heavy atom. The van der Waals surface area contributed by atoms with Crippen molar-refractivity contribution in [1.29, 1.82) is 0 Å². The summed E-state index contributed by atoms with van der Waals surface area (Å²) in [6.45, 7) is 5.35. The quantitative estimate of drug-likeness (QED) is 0.717. The van der Waals surface area contributed by atoms with E-state index < -0.39 is 6.67 Å². The predicted molar refractivity (Wildman–Crippen MR) is 56.4 cm³/mol. The Morgan fingerprint density at radius 3 is 2.71 bits per heavy atom. The molecule has 1 nitrogen and oxygen atoms in total. The van der Waals surface area contributed by atoms with Gasteiger partial charge in [0, 0.05) is 11.5 Å². The third kappa shape index (κ3) is 2.06. The number of ether oxygens (including phenoxy) is 1. The summed E-state index contributed by atoms with van der Waals surface area (Å²) in [7, 11) is 1.61. The zero-order valence-electron chi connectivity index (χ0n) is 8.72. The van der Waals surface area contributed by atoms with E-state index in [0.29, 0.717) is 0 Å². The smallest absolute Gasteiger partial charge is 0.125 e. The Morgan fingerprint density at radius 1 is 1.50 bits per heavy atom. The van der Waals surface area contributed by atoms with Crippen LogP contribution in [0.1, 0.15) is 24.0 Å². The molecule has 14 heavy (non-hydrogen) atoms. The number of alkyl halides is 1. The Kier molecular flexibility index (Phi) is 3.93. The molecule has 2 heteroatoms. The summed E-state index contributed by atoms with van der Waals surface area (Å²) < 4.78 is 17.8. The van der Waals surface area contributed by atoms with Crippen LogP contribution in [0, 0.1) is 6.92 Å². The number of halogens is 1. The fourth-order valence-corrected chi connectivity index (χ4v) is 1.54. The van der Waals surface area contributed by atoms with E-state index in [1.54, 1.807) is 7.11 Å². The molecular formula is C12H16FO. The molecule has 1 atom stereocenters. The van der Waals surface area contributed by atoms with Crippen molar-refractivity contribution >= 4 is 0 Å². The first-order valence-electron chi connectivity index (χ1n) is 4.79. The predicted octanol–water partition coefficient (Wildman–Crippen LogP) is 3.14. The van der Waals surface area contributed by atoms with E-state index >= 15 is 0 Å². The molecule has 0 aliphatic heterocycles. The Hall–Kier alpha value is -1.05. The van der Waals surface area contributed by atoms with E-state index in [9.17, 15) is 4.39 Å². The van der Waals surface area contributed by atoms with Gasteiger partial charge in [0.25, 0.3) is 0 Å². The highest BCUT2D eigenvalue weighted by atomic mass is 19.1. The maximum absolute atomic E-state index is 12.5. The molecule has 0 aliphatic carbocycles. The summed E-state index contributed by atoms with van der Waals surface area (Å²) in [6.07, 6.45) is 0.885. The third-order valence-electron chi connectivity index (χ3n) is 2.34. The average molecular weight is 195 g/mol. The Balaban J connectivity index is 3.14. The van der Waals surface area contributed by atoms with Gasteiger partial charge in [0.05, 0.1) is 13.8 Å². The number of rotatable bonds is 4. The molecule has 1 unspecified atom stereocenters. The van der Waals surface area contributed by atoms with Crippen molar-refractivity contribution in [2.75, 3.05) is 13.8 Å². The van der Waals surface area contributed by atoms with Gasteiger partial charge in [-0.15, -0.1) is 0 Å². The van der Waals surface area contributed by atoms with Gasteiger partial charge in [0.1, 0.15) is 5.75 Å². The largest absolute Gasteiger partial charge is 0.496 e. The fraction of sp³-hybridized carbons (Fsp3) is 0.417. The second kappa shape index (κ2) is 4.99. The molecule has 77 valence electrons. The molecule has 0 saturated carbocycles. The van der Waals surface area contributed by atoms with Gasteiger partial charge in [-0.3, -0.25) is 4.39 Å². The average Bonchev–Trinajstić information content (AvgIpc) is 2.26. The molecule has 0 heterocycles. The fourth-order valence-electron chi connectivity index (χ4n) is 1.54. The van der Waals surface area contributed by atoms with Crippen molar-refractivity contribution < 1.29 is 9.13 Å². The van der Waals surface area contributed by atoms with E-state index in [1.165, 1.54) is 0 Å². The first kappa shape index (κ1) is 11.0. The second-order valence-corrected chi connectivity index (χ2v) is 3.24. The molecule has 0 N–H and O–H groups in total. The lowest BCUT2D eigenvalue weighted by Gasteiger charge is -2.15. The molecule has 0 aliphatic rings. The Labute approximate surface area is 84.9 Å². The van der Waals surface area contributed by atoms with Crippen molar-refractivity contribution in [3.63, 3.8) is 0 Å². The van der Waals surface area contributed by atoms with Crippen LogP contribution in [0.3, 0.4) is 0 Å². The second-order valence-electron chi connectivity index (χ2n) is 3.24. The number of hydrogen-bond donors (Lipinski definition) is 0. The summed E-state index contributed by atoms with van der Waals surface area (Å²) in [6, 6.07) is 5.78. The molecule has 0 amide bonds. The molecule has 0 aromatic heterocycles. The van der Waals surface area contributed by atoms with Crippen molar-refractivity contribution in [3.05, 3.63) is 36.2 Å². The van der Waals surface area contributed by atoms with Crippen molar-refractivity contribution in [2.45, 2.75) is 19.3 Å². The first-order valence-corrected chi connectivity index (χ1v) is 4.79. The minimum absolute atomic E-state index is 0.337. The zero-order chi connectivity index (χ0) is 10.6. The number of methoxy groups -OCH3 is 1. The van der Waals surface area contributed by atoms with E-state index in [2.05, 4.69) is 13.8 Å². The van der Waals surface area contributed by atoms with Gasteiger partial charge in [-0.2, -0.15) is 0 Å². The molecule has 0 spiro atoms. The standard InChI is InChI=1S/C12H16FO/c1-4-10-6-5-7-11(9(2)8-13)12(10)14-3/h5-7,9H,2,4,8H2,1,3H3. The molecule has 0 bridgehead atoms. The van der Waals surface area contributed by atoms with E-state index in [0.717, 1.165) is 23.3 Å². The molecule has 1 rings (SSSR count). The van der Waals surface area contributed by atoms with Gasteiger partial charge in [0.15, 0.2) is 0 Å². The maximum Gasteiger partial charge on any atom is 0.125 e. The van der Waals surface area contributed by atoms with Crippen LogP contribution < -0.4 is 4.74 Å². The van der Waals surface area contributed by atoms with Crippen molar-refractivity contribution in [2.24, 2.45) is 0 Å². The van der Waals surface area contributed by atoms with Crippen LogP contribution in [-0.2, 0) is 6.42 Å². The SMILES string of the molecule is [CH2]C(CF)c1cccc(CC)c1OC. The number of aryl methyl sites for hydroxylation is 1. The van der Waals surface area contributed by atoms with Crippen LogP contribution in [-0.4, -0.2) is 13.8 Å². The van der Waals surface area contributed by atoms with Crippen LogP contribution in [0.15, 0.2) is 18.2 Å². The zero-order valence-corrected chi connectivity index (χ0v) is 8.72. The lowest BCUT2D eigenvalue weighted by atomic mass is 9.97. The summed E-state index contributed by atoms with van der Waals surface area (Å²) in [5.74, 6) is 0.448. The van der Waals surface area contributed by atoms with Gasteiger partial charge in [-0.25, -0.2) is 0 Å². The number of hydrogen-bond acceptors (Lipinski definition) is 1. The van der Waals surface area contributed by atoms with Crippen LogP contribution in [0.25, 0.3) is 0 Å². The van der Waals surface area contributed by atoms with Gasteiger partial charge in [-0.1, -0.05) is 25.1 Å². The van der Waals surface area contributed by atoms with Crippen molar-refractivity contribution in [1.82, 2.24) is 0 Å². The molecule has 0 fully saturated rings. The summed E-state index contributed by atoms with van der Waals surface area (Å²) >= 11 is 0. The number of benzene rings is 1. The highest BCUT2D eigenvalue weighted by Gasteiger charge is 2.13. The van der Waals surface area contributed by atoms with E-state index in [4.69, 9.17) is 4.74 Å². The normalized spacial score (nSPS) is 12.6. The van der Waals surface area contributed by atoms with E-state index in [1.807, 2.05) is 18.2 Å². The molecule has 1 aromatic carbocycles. The minimum atomic E-state index is -0.455. The topological polar surface area (TPSA) is 9.23 Å². The van der Waals surface area contributed by atoms with Gasteiger partial charge < -0.3 is 4.74 Å². The first-order chi connectivity index (χ1) is 6.74. The molecular weight excluding hydrogens is 179 g/mol. The van der Waals surface area contributed by atoms with Crippen LogP contribution >= 0.6 is 0 Å². The van der Waals surface area contributed by atoms with Crippen LogP contribution in [0.2, 0.25) is 0 Å². The lowest BCUT2D eigenvalue weighted by molar-refractivity contribution is 0.394. The highest BCUT2D eigenvalue weighted by molar-refractivity contribution is 5.44. The van der Waals surface area contributed by atoms with Gasteiger partial charge >= 0.3 is 0 Å². The molecule has 1 radical (unpaired) electrons. The summed E-state index contributed by atoms with van der Waals surface area (Å²) in [5, 5.41) is 0. The van der Waals surface area contributed by atoms with Crippen molar-refractivity contribution in [3.8, 4) is 5.75 Å². The van der Waals surface area contributed by atoms with Gasteiger partial charge in [0.2, 0.25) is 0 Å². The molecule has 0 saturated heterocycles. The highest BCUT2D eigenvalue weighted by Crippen LogP contribution is 2.30. The summed E-state index contributed by atoms with van der Waals surface area (Å²) in [5.41, 5.74) is 1.96. The Bertz CT molecular complexity index is 296. The van der Waals surface area contributed by atoms with Gasteiger partial charge in [-0.05, 0) is 18.9 Å².